The van der Waals surface area contributed by atoms with Gasteiger partial charge in [-0.25, -0.2) is 9.97 Å². The Morgan fingerprint density at radius 2 is 2.16 bits per heavy atom. The number of methoxy groups -OCH3 is 1. The summed E-state index contributed by atoms with van der Waals surface area (Å²) in [6.07, 6.45) is 7.45. The molecule has 0 saturated heterocycles. The molecule has 0 saturated carbocycles. The van der Waals surface area contributed by atoms with Gasteiger partial charge >= 0.3 is 5.97 Å². The molecule has 0 fully saturated rings. The van der Waals surface area contributed by atoms with E-state index in [0.717, 1.165) is 17.9 Å². The molecule has 0 amide bonds. The Morgan fingerprint density at radius 1 is 1.37 bits per heavy atom. The highest BCUT2D eigenvalue weighted by Crippen LogP contribution is 2.28. The average Bonchev–Trinajstić information content (AvgIpc) is 2.69. The van der Waals surface area contributed by atoms with Crippen LogP contribution in [0.5, 0.6) is 0 Å². The lowest BCUT2D eigenvalue weighted by Crippen LogP contribution is -2.15. The third kappa shape index (κ3) is 3.69. The Morgan fingerprint density at radius 3 is 2.95 bits per heavy atom. The molecule has 1 aromatic heterocycles. The predicted molar refractivity (Wildman–Crippen MR) is 75.2 cm³/mol. The lowest BCUT2D eigenvalue weighted by atomic mass is 10.1. The zero-order valence-electron chi connectivity index (χ0n) is 11.5. The van der Waals surface area contributed by atoms with Crippen LogP contribution < -0.4 is 0 Å². The molecule has 1 aliphatic carbocycles. The van der Waals surface area contributed by atoms with Crippen LogP contribution in [-0.2, 0) is 22.4 Å². The summed E-state index contributed by atoms with van der Waals surface area (Å²) in [6, 6.07) is 0. The molecule has 19 heavy (non-hydrogen) atoms. The van der Waals surface area contributed by atoms with Gasteiger partial charge in [-0.15, -0.1) is 11.8 Å². The molecule has 0 N–H and O–H groups in total. The van der Waals surface area contributed by atoms with Crippen LogP contribution in [0.4, 0.5) is 0 Å². The lowest BCUT2D eigenvalue weighted by Gasteiger charge is -2.12. The van der Waals surface area contributed by atoms with Gasteiger partial charge in [-0.3, -0.25) is 4.79 Å². The summed E-state index contributed by atoms with van der Waals surface area (Å²) in [5.74, 6) is 0.440. The molecule has 4 nitrogen and oxygen atoms in total. The number of thioether (sulfide) groups is 1. The highest BCUT2D eigenvalue weighted by atomic mass is 32.2. The molecule has 0 spiro atoms. The van der Waals surface area contributed by atoms with Gasteiger partial charge in [0.05, 0.1) is 13.0 Å². The van der Waals surface area contributed by atoms with Crippen molar-refractivity contribution in [3.05, 3.63) is 17.6 Å². The van der Waals surface area contributed by atoms with Gasteiger partial charge in [0.1, 0.15) is 11.4 Å². The number of ether oxygens (including phenoxy) is 1. The fourth-order valence-electron chi connectivity index (χ4n) is 2.27. The van der Waals surface area contributed by atoms with E-state index in [2.05, 4.69) is 9.97 Å². The molecular formula is C14H20N2O2S. The van der Waals surface area contributed by atoms with Crippen LogP contribution in [-0.4, -0.2) is 28.8 Å². The third-order valence-corrected chi connectivity index (χ3v) is 4.70. The van der Waals surface area contributed by atoms with Gasteiger partial charge in [0, 0.05) is 17.0 Å². The second-order valence-corrected chi connectivity index (χ2v) is 5.91. The molecule has 0 aliphatic heterocycles. The minimum atomic E-state index is -0.160. The minimum Gasteiger partial charge on any atom is -0.469 e. The van der Waals surface area contributed by atoms with E-state index in [0.29, 0.717) is 5.75 Å². The Labute approximate surface area is 118 Å². The molecule has 2 rings (SSSR count). The number of hydrogen-bond acceptors (Lipinski definition) is 5. The van der Waals surface area contributed by atoms with Crippen molar-refractivity contribution in [2.75, 3.05) is 12.9 Å². The summed E-state index contributed by atoms with van der Waals surface area (Å²) in [6.45, 7) is 1.89. The minimum absolute atomic E-state index is 0.105. The Bertz CT molecular complexity index is 451. The maximum Gasteiger partial charge on any atom is 0.309 e. The van der Waals surface area contributed by atoms with Gasteiger partial charge in [0.2, 0.25) is 0 Å². The lowest BCUT2D eigenvalue weighted by molar-refractivity contribution is -0.143. The summed E-state index contributed by atoms with van der Waals surface area (Å²) < 4.78 is 4.75. The van der Waals surface area contributed by atoms with E-state index < -0.39 is 0 Å². The highest BCUT2D eigenvalue weighted by Gasteiger charge is 2.18. The largest absolute Gasteiger partial charge is 0.469 e. The van der Waals surface area contributed by atoms with Crippen LogP contribution >= 0.6 is 11.8 Å². The van der Waals surface area contributed by atoms with Gasteiger partial charge in [-0.2, -0.15) is 0 Å². The number of fused-ring (bicyclic) bond motifs is 1. The first kappa shape index (κ1) is 14.3. The Balaban J connectivity index is 2.06. The van der Waals surface area contributed by atoms with E-state index in [1.807, 2.05) is 6.92 Å². The van der Waals surface area contributed by atoms with Gasteiger partial charge < -0.3 is 4.74 Å². The van der Waals surface area contributed by atoms with Crippen LogP contribution in [0.15, 0.2) is 11.4 Å². The summed E-state index contributed by atoms with van der Waals surface area (Å²) in [5.41, 5.74) is 2.49. The first-order valence-corrected chi connectivity index (χ1v) is 7.74. The molecule has 1 heterocycles. The van der Waals surface area contributed by atoms with Gasteiger partial charge in [-0.1, -0.05) is 13.3 Å². The van der Waals surface area contributed by atoms with E-state index in [-0.39, 0.29) is 11.9 Å². The average molecular weight is 280 g/mol. The highest BCUT2D eigenvalue weighted by molar-refractivity contribution is 7.99. The quantitative estimate of drug-likeness (QED) is 0.367. The summed E-state index contributed by atoms with van der Waals surface area (Å²) >= 11 is 1.64. The van der Waals surface area contributed by atoms with Crippen LogP contribution in [0.2, 0.25) is 0 Å². The zero-order chi connectivity index (χ0) is 13.7. The molecule has 1 aromatic rings. The predicted octanol–water partition coefficient (Wildman–Crippen LogP) is 2.65. The third-order valence-electron chi connectivity index (χ3n) is 3.41. The van der Waals surface area contributed by atoms with E-state index in [4.69, 9.17) is 4.74 Å². The second-order valence-electron chi connectivity index (χ2n) is 4.90. The monoisotopic (exact) mass is 280 g/mol. The zero-order valence-corrected chi connectivity index (χ0v) is 12.3. The van der Waals surface area contributed by atoms with Crippen molar-refractivity contribution >= 4 is 17.7 Å². The van der Waals surface area contributed by atoms with E-state index >= 15 is 0 Å². The number of carbonyl (C=O) groups is 1. The van der Waals surface area contributed by atoms with Crippen LogP contribution in [0, 0.1) is 5.92 Å². The molecular weight excluding hydrogens is 260 g/mol. The molecule has 104 valence electrons. The number of aryl methyl sites for hydroxylation is 1. The number of nitrogens with zero attached hydrogens (tertiary/aromatic N) is 2. The number of esters is 1. The van der Waals surface area contributed by atoms with Crippen molar-refractivity contribution in [2.45, 2.75) is 44.1 Å². The molecule has 5 heteroatoms. The van der Waals surface area contributed by atoms with Gasteiger partial charge in [-0.05, 0) is 25.7 Å². The van der Waals surface area contributed by atoms with Crippen molar-refractivity contribution in [3.8, 4) is 0 Å². The molecule has 1 unspecified atom stereocenters. The van der Waals surface area contributed by atoms with Crippen molar-refractivity contribution in [2.24, 2.45) is 5.92 Å². The van der Waals surface area contributed by atoms with Crippen LogP contribution in [0.1, 0.15) is 37.4 Å². The normalized spacial score (nSPS) is 16.3. The maximum absolute atomic E-state index is 11.4. The number of aromatic nitrogens is 2. The summed E-state index contributed by atoms with van der Waals surface area (Å²) in [5, 5.41) is 1.04. The number of carbonyl (C=O) groups excluding carboxylic acids is 1. The first-order chi connectivity index (χ1) is 9.22. The van der Waals surface area contributed by atoms with Crippen LogP contribution in [0.3, 0.4) is 0 Å². The fourth-order valence-corrected chi connectivity index (χ4v) is 3.33. The van der Waals surface area contributed by atoms with Gasteiger partial charge in [0.25, 0.3) is 0 Å². The van der Waals surface area contributed by atoms with Crippen molar-refractivity contribution in [3.63, 3.8) is 0 Å². The molecule has 0 aromatic carbocycles. The van der Waals surface area contributed by atoms with Crippen molar-refractivity contribution in [1.82, 2.24) is 9.97 Å². The van der Waals surface area contributed by atoms with E-state index in [1.165, 1.54) is 37.6 Å². The maximum atomic E-state index is 11.4. The molecule has 1 aliphatic rings. The first-order valence-electron chi connectivity index (χ1n) is 6.75. The second kappa shape index (κ2) is 6.89. The summed E-state index contributed by atoms with van der Waals surface area (Å²) in [7, 11) is 1.43. The Hall–Kier alpha value is -1.10. The van der Waals surface area contributed by atoms with Crippen molar-refractivity contribution in [1.29, 1.82) is 0 Å². The molecule has 1 atom stereocenters. The number of rotatable bonds is 4. The SMILES string of the molecule is COC(=O)C(C)CSc1ncnc2c1CCCCC2. The summed E-state index contributed by atoms with van der Waals surface area (Å²) in [4.78, 5) is 20.2. The van der Waals surface area contributed by atoms with Crippen molar-refractivity contribution < 1.29 is 9.53 Å². The smallest absolute Gasteiger partial charge is 0.309 e. The standard InChI is InChI=1S/C14H20N2O2S/c1-10(14(17)18-2)8-19-13-11-6-4-3-5-7-12(11)15-9-16-13/h9-10H,3-8H2,1-2H3. The molecule has 0 radical (unpaired) electrons. The van der Waals surface area contributed by atoms with Gasteiger partial charge in [0.15, 0.2) is 0 Å². The number of hydrogen-bond donors (Lipinski definition) is 0. The Kier molecular flexibility index (Phi) is 5.19. The van der Waals surface area contributed by atoms with E-state index in [1.54, 1.807) is 18.1 Å². The topological polar surface area (TPSA) is 52.1 Å². The fraction of sp³-hybridized carbons (Fsp3) is 0.643. The molecule has 0 bridgehead atoms. The van der Waals surface area contributed by atoms with Crippen LogP contribution in [0.25, 0.3) is 0 Å². The van der Waals surface area contributed by atoms with E-state index in [9.17, 15) is 4.79 Å².